The number of hydrogen-bond donors (Lipinski definition) is 2. The fourth-order valence-electron chi connectivity index (χ4n) is 1.15. The van der Waals surface area contributed by atoms with Crippen molar-refractivity contribution in [3.63, 3.8) is 0 Å². The molecule has 0 radical (unpaired) electrons. The third-order valence-electron chi connectivity index (χ3n) is 1.97. The molecule has 0 aliphatic carbocycles. The number of nitrogens with one attached hydrogen (secondary N) is 1. The monoisotopic (exact) mass is 219 g/mol. The first-order valence-corrected chi connectivity index (χ1v) is 4.76. The average molecular weight is 219 g/mol. The number of amides is 2. The number of nitrogens with two attached hydrogens (primary N) is 1. The van der Waals surface area contributed by atoms with Gasteiger partial charge in [-0.3, -0.25) is 14.6 Å². The average Bonchev–Trinajstić information content (AvgIpc) is 2.29. The van der Waals surface area contributed by atoms with Gasteiger partial charge in [-0.2, -0.15) is 0 Å². The molecule has 0 fully saturated rings. The predicted octanol–water partition coefficient (Wildman–Crippen LogP) is 0.241. The van der Waals surface area contributed by atoms with Crippen LogP contribution in [0.2, 0.25) is 0 Å². The fourth-order valence-corrected chi connectivity index (χ4v) is 1.15. The standard InChI is InChI=1S/C11H13N3O2/c1-2-4-9(10(12)15)14-11(16)8-5-3-6-13-7-8/h2-3,5-7,9H,1,4H2,(H2,12,15)(H,14,16)/t9-/m1/s1. The molecule has 0 unspecified atom stereocenters. The molecule has 0 bridgehead atoms. The normalized spacial score (nSPS) is 11.5. The molecule has 1 aromatic rings. The summed E-state index contributed by atoms with van der Waals surface area (Å²) in [5.41, 5.74) is 5.52. The van der Waals surface area contributed by atoms with Crippen LogP contribution in [0.3, 0.4) is 0 Å². The summed E-state index contributed by atoms with van der Waals surface area (Å²) in [6.45, 7) is 3.49. The van der Waals surface area contributed by atoms with Gasteiger partial charge in [-0.25, -0.2) is 0 Å². The van der Waals surface area contributed by atoms with E-state index in [9.17, 15) is 9.59 Å². The van der Waals surface area contributed by atoms with Crippen LogP contribution in [0.25, 0.3) is 0 Å². The van der Waals surface area contributed by atoms with Crippen molar-refractivity contribution in [2.24, 2.45) is 5.73 Å². The van der Waals surface area contributed by atoms with E-state index in [0.717, 1.165) is 0 Å². The van der Waals surface area contributed by atoms with E-state index in [2.05, 4.69) is 16.9 Å². The summed E-state index contributed by atoms with van der Waals surface area (Å²) in [7, 11) is 0. The van der Waals surface area contributed by atoms with E-state index in [0.29, 0.717) is 12.0 Å². The van der Waals surface area contributed by atoms with Gasteiger partial charge < -0.3 is 11.1 Å². The van der Waals surface area contributed by atoms with Crippen LogP contribution in [-0.2, 0) is 4.79 Å². The number of primary amides is 1. The van der Waals surface area contributed by atoms with E-state index in [4.69, 9.17) is 5.73 Å². The Hall–Kier alpha value is -2.17. The molecule has 1 atom stereocenters. The molecule has 5 heteroatoms. The maximum absolute atomic E-state index is 11.6. The Morgan fingerprint density at radius 3 is 2.88 bits per heavy atom. The Kier molecular flexibility index (Phi) is 4.20. The van der Waals surface area contributed by atoms with Gasteiger partial charge in [-0.15, -0.1) is 6.58 Å². The summed E-state index contributed by atoms with van der Waals surface area (Å²) in [5.74, 6) is -0.962. The van der Waals surface area contributed by atoms with Gasteiger partial charge in [0.2, 0.25) is 5.91 Å². The van der Waals surface area contributed by atoms with Gasteiger partial charge >= 0.3 is 0 Å². The zero-order valence-electron chi connectivity index (χ0n) is 8.72. The molecule has 0 saturated heterocycles. The Labute approximate surface area is 93.4 Å². The van der Waals surface area contributed by atoms with E-state index in [1.54, 1.807) is 18.3 Å². The molecule has 2 amide bonds. The maximum Gasteiger partial charge on any atom is 0.253 e. The molecule has 0 aliphatic rings. The minimum Gasteiger partial charge on any atom is -0.368 e. The van der Waals surface area contributed by atoms with Crippen molar-refractivity contribution in [2.45, 2.75) is 12.5 Å². The van der Waals surface area contributed by atoms with Crippen LogP contribution in [0.4, 0.5) is 0 Å². The molecular formula is C11H13N3O2. The number of nitrogens with zero attached hydrogens (tertiary/aromatic N) is 1. The lowest BCUT2D eigenvalue weighted by Gasteiger charge is -2.13. The Bertz CT molecular complexity index is 389. The maximum atomic E-state index is 11.6. The molecule has 0 aromatic carbocycles. The van der Waals surface area contributed by atoms with Crippen LogP contribution < -0.4 is 11.1 Å². The quantitative estimate of drug-likeness (QED) is 0.696. The van der Waals surface area contributed by atoms with Crippen LogP contribution in [0.15, 0.2) is 37.2 Å². The van der Waals surface area contributed by atoms with Gasteiger partial charge in [0.05, 0.1) is 5.56 Å². The van der Waals surface area contributed by atoms with Crippen molar-refractivity contribution >= 4 is 11.8 Å². The second-order valence-corrected chi connectivity index (χ2v) is 3.19. The third-order valence-corrected chi connectivity index (χ3v) is 1.97. The van der Waals surface area contributed by atoms with Crippen molar-refractivity contribution in [1.82, 2.24) is 10.3 Å². The van der Waals surface area contributed by atoms with Gasteiger partial charge in [-0.05, 0) is 18.6 Å². The molecule has 1 aromatic heterocycles. The summed E-state index contributed by atoms with van der Waals surface area (Å²) in [5, 5.41) is 2.51. The number of rotatable bonds is 5. The summed E-state index contributed by atoms with van der Waals surface area (Å²) in [4.78, 5) is 26.4. The highest BCUT2D eigenvalue weighted by Gasteiger charge is 2.17. The lowest BCUT2D eigenvalue weighted by molar-refractivity contribution is -0.119. The fraction of sp³-hybridized carbons (Fsp3) is 0.182. The molecule has 0 spiro atoms. The van der Waals surface area contributed by atoms with Crippen LogP contribution >= 0.6 is 0 Å². The number of carbonyl (C=O) groups excluding carboxylic acids is 2. The lowest BCUT2D eigenvalue weighted by atomic mass is 10.1. The van der Waals surface area contributed by atoms with Crippen LogP contribution in [0.1, 0.15) is 16.8 Å². The largest absolute Gasteiger partial charge is 0.368 e. The van der Waals surface area contributed by atoms with Gasteiger partial charge in [0.15, 0.2) is 0 Å². The number of pyridine rings is 1. The van der Waals surface area contributed by atoms with E-state index in [1.807, 2.05) is 0 Å². The summed E-state index contributed by atoms with van der Waals surface area (Å²) in [6, 6.07) is 2.51. The molecule has 0 aliphatic heterocycles. The SMILES string of the molecule is C=CC[C@@H](NC(=O)c1cccnc1)C(N)=O. The van der Waals surface area contributed by atoms with Crippen LogP contribution in [0, 0.1) is 0 Å². The van der Waals surface area contributed by atoms with Gasteiger partial charge in [0, 0.05) is 12.4 Å². The van der Waals surface area contributed by atoms with E-state index in [-0.39, 0.29) is 5.91 Å². The molecule has 16 heavy (non-hydrogen) atoms. The third kappa shape index (κ3) is 3.20. The summed E-state index contributed by atoms with van der Waals surface area (Å²) in [6.07, 6.45) is 4.81. The second-order valence-electron chi connectivity index (χ2n) is 3.19. The Morgan fingerprint density at radius 1 is 1.62 bits per heavy atom. The van der Waals surface area contributed by atoms with Crippen molar-refractivity contribution in [1.29, 1.82) is 0 Å². The van der Waals surface area contributed by atoms with Gasteiger partial charge in [0.25, 0.3) is 5.91 Å². The molecular weight excluding hydrogens is 206 g/mol. The predicted molar refractivity (Wildman–Crippen MR) is 59.5 cm³/mol. The zero-order valence-corrected chi connectivity index (χ0v) is 8.72. The first-order valence-electron chi connectivity index (χ1n) is 4.76. The highest BCUT2D eigenvalue weighted by Crippen LogP contribution is 1.98. The van der Waals surface area contributed by atoms with E-state index >= 15 is 0 Å². The van der Waals surface area contributed by atoms with Crippen molar-refractivity contribution in [3.8, 4) is 0 Å². The number of aromatic nitrogens is 1. The smallest absolute Gasteiger partial charge is 0.253 e. The highest BCUT2D eigenvalue weighted by atomic mass is 16.2. The first-order chi connectivity index (χ1) is 7.65. The Morgan fingerprint density at radius 2 is 2.38 bits per heavy atom. The van der Waals surface area contributed by atoms with E-state index in [1.165, 1.54) is 12.3 Å². The van der Waals surface area contributed by atoms with E-state index < -0.39 is 11.9 Å². The molecule has 1 heterocycles. The lowest BCUT2D eigenvalue weighted by Crippen LogP contribution is -2.44. The van der Waals surface area contributed by atoms with Crippen molar-refractivity contribution in [2.75, 3.05) is 0 Å². The van der Waals surface area contributed by atoms with Crippen LogP contribution in [0.5, 0.6) is 0 Å². The minimum atomic E-state index is -0.731. The first kappa shape index (κ1) is 11.9. The number of carbonyl (C=O) groups is 2. The molecule has 0 saturated carbocycles. The molecule has 5 nitrogen and oxygen atoms in total. The molecule has 3 N–H and O–H groups in total. The summed E-state index contributed by atoms with van der Waals surface area (Å²) < 4.78 is 0. The molecule has 84 valence electrons. The van der Waals surface area contributed by atoms with Crippen LogP contribution in [-0.4, -0.2) is 22.8 Å². The minimum absolute atomic E-state index is 0.307. The van der Waals surface area contributed by atoms with Crippen molar-refractivity contribution < 1.29 is 9.59 Å². The Balaban J connectivity index is 2.69. The summed E-state index contributed by atoms with van der Waals surface area (Å²) >= 11 is 0. The van der Waals surface area contributed by atoms with Crippen molar-refractivity contribution in [3.05, 3.63) is 42.7 Å². The highest BCUT2D eigenvalue weighted by molar-refractivity contribution is 5.97. The topological polar surface area (TPSA) is 85.1 Å². The molecule has 1 rings (SSSR count). The van der Waals surface area contributed by atoms with Gasteiger partial charge in [0.1, 0.15) is 6.04 Å². The second kappa shape index (κ2) is 5.65. The zero-order chi connectivity index (χ0) is 12.0. The number of hydrogen-bond acceptors (Lipinski definition) is 3. The van der Waals surface area contributed by atoms with Gasteiger partial charge in [-0.1, -0.05) is 6.08 Å².